The van der Waals surface area contributed by atoms with E-state index in [4.69, 9.17) is 13.9 Å². The lowest BCUT2D eigenvalue weighted by atomic mass is 10.0. The summed E-state index contributed by atoms with van der Waals surface area (Å²) in [4.78, 5) is 30.2. The summed E-state index contributed by atoms with van der Waals surface area (Å²) in [5.41, 5.74) is 1.54. The van der Waals surface area contributed by atoms with E-state index in [-0.39, 0.29) is 30.6 Å². The molecular formula is C25H30N2O5. The van der Waals surface area contributed by atoms with Gasteiger partial charge >= 0.3 is 0 Å². The van der Waals surface area contributed by atoms with Crippen LogP contribution in [-0.4, -0.2) is 53.5 Å². The lowest BCUT2D eigenvalue weighted by Crippen LogP contribution is -2.46. The van der Waals surface area contributed by atoms with Gasteiger partial charge in [0, 0.05) is 13.1 Å². The fourth-order valence-corrected chi connectivity index (χ4v) is 4.16. The number of hydrogen-bond acceptors (Lipinski definition) is 6. The van der Waals surface area contributed by atoms with Crippen LogP contribution in [0.5, 0.6) is 5.75 Å². The summed E-state index contributed by atoms with van der Waals surface area (Å²) in [5.74, 6) is 1.10. The highest BCUT2D eigenvalue weighted by molar-refractivity contribution is 6.35. The number of morpholine rings is 1. The predicted octanol–water partition coefficient (Wildman–Crippen LogP) is 3.70. The van der Waals surface area contributed by atoms with Crippen LogP contribution in [0.3, 0.4) is 0 Å². The second-order valence-electron chi connectivity index (χ2n) is 8.89. The summed E-state index contributed by atoms with van der Waals surface area (Å²) in [6.45, 7) is 9.95. The molecule has 32 heavy (non-hydrogen) atoms. The molecule has 2 aliphatic heterocycles. The second-order valence-corrected chi connectivity index (χ2v) is 8.89. The average molecular weight is 439 g/mol. The van der Waals surface area contributed by atoms with Crippen molar-refractivity contribution in [1.82, 2.24) is 9.80 Å². The third kappa shape index (κ3) is 4.58. The van der Waals surface area contributed by atoms with Crippen molar-refractivity contribution in [2.24, 2.45) is 5.92 Å². The van der Waals surface area contributed by atoms with Crippen LogP contribution in [0.1, 0.15) is 39.0 Å². The van der Waals surface area contributed by atoms with Gasteiger partial charge in [-0.3, -0.25) is 14.5 Å². The Hall–Kier alpha value is -3.06. The molecule has 2 amide bonds. The minimum absolute atomic E-state index is 0.0404. The van der Waals surface area contributed by atoms with Crippen LogP contribution in [0.15, 0.2) is 52.8 Å². The zero-order valence-electron chi connectivity index (χ0n) is 19.0. The molecule has 0 bridgehead atoms. The molecule has 0 saturated carbocycles. The van der Waals surface area contributed by atoms with Crippen molar-refractivity contribution in [3.63, 3.8) is 0 Å². The van der Waals surface area contributed by atoms with Gasteiger partial charge in [-0.2, -0.15) is 0 Å². The van der Waals surface area contributed by atoms with E-state index < -0.39 is 0 Å². The summed E-state index contributed by atoms with van der Waals surface area (Å²) >= 11 is 0. The Bertz CT molecular complexity index is 984. The normalized spacial score (nSPS) is 21.8. The number of carbonyl (C=O) groups is 2. The summed E-state index contributed by atoms with van der Waals surface area (Å²) in [6, 6.07) is 10.9. The number of nitrogens with zero attached hydrogens (tertiary/aromatic N) is 2. The van der Waals surface area contributed by atoms with Crippen molar-refractivity contribution in [1.29, 1.82) is 0 Å². The van der Waals surface area contributed by atoms with E-state index in [2.05, 4.69) is 13.8 Å². The van der Waals surface area contributed by atoms with Crippen LogP contribution in [-0.2, 0) is 20.9 Å². The van der Waals surface area contributed by atoms with Gasteiger partial charge in [-0.1, -0.05) is 26.0 Å². The molecule has 1 fully saturated rings. The summed E-state index contributed by atoms with van der Waals surface area (Å²) in [7, 11) is 0. The Morgan fingerprint density at radius 1 is 1.03 bits per heavy atom. The van der Waals surface area contributed by atoms with Crippen molar-refractivity contribution in [2.45, 2.75) is 46.4 Å². The molecule has 2 unspecified atom stereocenters. The molecule has 7 nitrogen and oxygen atoms in total. The maximum atomic E-state index is 13.5. The lowest BCUT2D eigenvalue weighted by Gasteiger charge is -2.37. The van der Waals surface area contributed by atoms with Crippen LogP contribution < -0.4 is 4.74 Å². The minimum Gasteiger partial charge on any atom is -0.493 e. The second kappa shape index (κ2) is 9.20. The fourth-order valence-electron chi connectivity index (χ4n) is 4.16. The first kappa shape index (κ1) is 22.1. The number of imide groups is 1. The molecule has 170 valence electrons. The van der Waals surface area contributed by atoms with E-state index in [1.54, 1.807) is 12.1 Å². The van der Waals surface area contributed by atoms with E-state index in [0.29, 0.717) is 48.2 Å². The number of amides is 2. The molecular weight excluding hydrogens is 408 g/mol. The zero-order chi connectivity index (χ0) is 22.8. The number of furan rings is 1. The first-order valence-electron chi connectivity index (χ1n) is 11.1. The Morgan fingerprint density at radius 3 is 2.31 bits per heavy atom. The summed E-state index contributed by atoms with van der Waals surface area (Å²) in [5, 5.41) is 0. The monoisotopic (exact) mass is 438 g/mol. The van der Waals surface area contributed by atoms with Crippen molar-refractivity contribution in [3.8, 4) is 5.75 Å². The van der Waals surface area contributed by atoms with E-state index in [0.717, 1.165) is 5.75 Å². The highest BCUT2D eigenvalue weighted by Gasteiger charge is 2.43. The minimum atomic E-state index is -0.316. The number of hydrogen-bond donors (Lipinski definition) is 0. The molecule has 2 atom stereocenters. The van der Waals surface area contributed by atoms with Gasteiger partial charge in [0.15, 0.2) is 0 Å². The number of ether oxygens (including phenoxy) is 2. The average Bonchev–Trinajstić information content (AvgIpc) is 3.34. The van der Waals surface area contributed by atoms with Crippen LogP contribution in [0, 0.1) is 5.92 Å². The standard InChI is InChI=1S/C25H30N2O5/c1-16(2)15-31-20-9-7-19(8-10-20)22-23(26-12-17(3)32-18(4)13-26)25(29)27(24(22)28)14-21-6-5-11-30-21/h5-11,16-18H,12-15H2,1-4H3. The molecule has 1 saturated heterocycles. The third-order valence-corrected chi connectivity index (χ3v) is 5.50. The smallest absolute Gasteiger partial charge is 0.278 e. The van der Waals surface area contributed by atoms with Gasteiger partial charge in [-0.05, 0) is 49.6 Å². The van der Waals surface area contributed by atoms with Crippen molar-refractivity contribution in [3.05, 3.63) is 59.7 Å². The highest BCUT2D eigenvalue weighted by atomic mass is 16.5. The third-order valence-electron chi connectivity index (χ3n) is 5.50. The SMILES string of the molecule is CC(C)COc1ccc(C2=C(N3CC(C)OC(C)C3)C(=O)N(Cc3ccco3)C2=O)cc1. The lowest BCUT2D eigenvalue weighted by molar-refractivity contribution is -0.139. The van der Waals surface area contributed by atoms with Gasteiger partial charge < -0.3 is 18.8 Å². The predicted molar refractivity (Wildman–Crippen MR) is 120 cm³/mol. The molecule has 0 aliphatic carbocycles. The number of benzene rings is 1. The van der Waals surface area contributed by atoms with Crippen molar-refractivity contribution >= 4 is 17.4 Å². The largest absolute Gasteiger partial charge is 0.493 e. The highest BCUT2D eigenvalue weighted by Crippen LogP contribution is 2.34. The zero-order valence-corrected chi connectivity index (χ0v) is 19.0. The Balaban J connectivity index is 1.69. The number of rotatable bonds is 7. The Morgan fingerprint density at radius 2 is 1.72 bits per heavy atom. The summed E-state index contributed by atoms with van der Waals surface area (Å²) < 4.78 is 17.0. The van der Waals surface area contributed by atoms with Crippen LogP contribution >= 0.6 is 0 Å². The van der Waals surface area contributed by atoms with Gasteiger partial charge in [-0.15, -0.1) is 0 Å². The molecule has 0 N–H and O–H groups in total. The van der Waals surface area contributed by atoms with Crippen LogP contribution in [0.25, 0.3) is 5.57 Å². The van der Waals surface area contributed by atoms with Crippen molar-refractivity contribution in [2.75, 3.05) is 19.7 Å². The molecule has 0 spiro atoms. The van der Waals surface area contributed by atoms with Gasteiger partial charge in [-0.25, -0.2) is 0 Å². The van der Waals surface area contributed by atoms with E-state index in [1.165, 1.54) is 11.2 Å². The van der Waals surface area contributed by atoms with Gasteiger partial charge in [0.05, 0.1) is 37.2 Å². The maximum Gasteiger partial charge on any atom is 0.278 e. The van der Waals surface area contributed by atoms with E-state index in [9.17, 15) is 9.59 Å². The molecule has 0 radical (unpaired) electrons. The van der Waals surface area contributed by atoms with E-state index in [1.807, 2.05) is 43.0 Å². The Kier molecular flexibility index (Phi) is 6.37. The summed E-state index contributed by atoms with van der Waals surface area (Å²) in [6.07, 6.45) is 1.46. The Labute approximate surface area is 188 Å². The van der Waals surface area contributed by atoms with Crippen molar-refractivity contribution < 1.29 is 23.5 Å². The molecule has 3 heterocycles. The van der Waals surface area contributed by atoms with Crippen LogP contribution in [0.4, 0.5) is 0 Å². The quantitative estimate of drug-likeness (QED) is 0.614. The fraction of sp³-hybridized carbons (Fsp3) is 0.440. The molecule has 2 aliphatic rings. The molecule has 1 aromatic heterocycles. The molecule has 4 rings (SSSR count). The molecule has 2 aromatic rings. The van der Waals surface area contributed by atoms with Gasteiger partial charge in [0.1, 0.15) is 17.2 Å². The molecule has 1 aromatic carbocycles. The van der Waals surface area contributed by atoms with Gasteiger partial charge in [0.25, 0.3) is 11.8 Å². The number of carbonyl (C=O) groups excluding carboxylic acids is 2. The first-order chi connectivity index (χ1) is 15.3. The van der Waals surface area contributed by atoms with Crippen LogP contribution in [0.2, 0.25) is 0 Å². The van der Waals surface area contributed by atoms with Gasteiger partial charge in [0.2, 0.25) is 0 Å². The first-order valence-corrected chi connectivity index (χ1v) is 11.1. The van der Waals surface area contributed by atoms with E-state index >= 15 is 0 Å². The topological polar surface area (TPSA) is 72.2 Å². The molecule has 7 heteroatoms. The maximum absolute atomic E-state index is 13.5.